The van der Waals surface area contributed by atoms with Crippen molar-refractivity contribution in [2.45, 2.75) is 39.9 Å². The van der Waals surface area contributed by atoms with E-state index in [1.54, 1.807) is 12.5 Å². The average Bonchev–Trinajstić information content (AvgIpc) is 3.33. The van der Waals surface area contributed by atoms with Crippen molar-refractivity contribution in [1.82, 2.24) is 0 Å². The number of hydrogen-bond donors (Lipinski definition) is 0. The van der Waals surface area contributed by atoms with Crippen LogP contribution in [-0.2, 0) is 0 Å². The second kappa shape index (κ2) is 9.18. The number of rotatable bonds is 8. The van der Waals surface area contributed by atoms with Crippen LogP contribution in [0.3, 0.4) is 0 Å². The van der Waals surface area contributed by atoms with Crippen LogP contribution >= 0.6 is 0 Å². The van der Waals surface area contributed by atoms with Gasteiger partial charge in [-0.2, -0.15) is 0 Å². The Kier molecular flexibility index (Phi) is 6.43. The van der Waals surface area contributed by atoms with Crippen molar-refractivity contribution in [3.63, 3.8) is 0 Å². The van der Waals surface area contributed by atoms with Gasteiger partial charge in [-0.05, 0) is 88.4 Å². The minimum Gasteiger partial charge on any atom is -0.490 e. The van der Waals surface area contributed by atoms with Crippen molar-refractivity contribution in [3.8, 4) is 11.5 Å². The summed E-state index contributed by atoms with van der Waals surface area (Å²) in [6, 6.07) is 11.5. The summed E-state index contributed by atoms with van der Waals surface area (Å²) in [6.07, 6.45) is 11.2. The Hall–Kier alpha value is -3.14. The van der Waals surface area contributed by atoms with Gasteiger partial charge in [-0.15, -0.1) is 0 Å². The van der Waals surface area contributed by atoms with Gasteiger partial charge in [0.25, 0.3) is 0 Å². The molecule has 0 unspecified atom stereocenters. The highest BCUT2D eigenvalue weighted by atomic mass is 16.5. The van der Waals surface area contributed by atoms with Gasteiger partial charge in [-0.1, -0.05) is 0 Å². The zero-order valence-electron chi connectivity index (χ0n) is 16.7. The minimum atomic E-state index is 0.0505. The zero-order valence-corrected chi connectivity index (χ0v) is 16.7. The molecule has 1 aromatic carbocycles. The summed E-state index contributed by atoms with van der Waals surface area (Å²) in [5.74, 6) is 3.13. The Labute approximate surface area is 166 Å². The third-order valence-electron chi connectivity index (χ3n) is 3.81. The van der Waals surface area contributed by atoms with E-state index >= 15 is 0 Å². The first-order chi connectivity index (χ1) is 13.5. The van der Waals surface area contributed by atoms with E-state index < -0.39 is 0 Å². The molecule has 3 rings (SSSR count). The quantitative estimate of drug-likeness (QED) is 0.433. The molecule has 0 aliphatic heterocycles. The van der Waals surface area contributed by atoms with Crippen LogP contribution in [0.4, 0.5) is 0 Å². The summed E-state index contributed by atoms with van der Waals surface area (Å²) in [6.45, 7) is 8.04. The minimum absolute atomic E-state index is 0.0505. The normalized spacial score (nSPS) is 11.9. The lowest BCUT2D eigenvalue weighted by Gasteiger charge is -2.18. The van der Waals surface area contributed by atoms with E-state index in [1.807, 2.05) is 88.4 Å². The van der Waals surface area contributed by atoms with Crippen LogP contribution in [0.2, 0.25) is 0 Å². The van der Waals surface area contributed by atoms with Crippen LogP contribution in [-0.4, -0.2) is 12.2 Å². The maximum Gasteiger partial charge on any atom is 0.127 e. The smallest absolute Gasteiger partial charge is 0.127 e. The lowest BCUT2D eigenvalue weighted by Crippen LogP contribution is -2.09. The maximum atomic E-state index is 6.06. The third kappa shape index (κ3) is 5.43. The Morgan fingerprint density at radius 1 is 0.679 bits per heavy atom. The molecule has 3 aromatic rings. The van der Waals surface area contributed by atoms with Crippen molar-refractivity contribution in [2.24, 2.45) is 0 Å². The molecule has 2 aromatic heterocycles. The second-order valence-corrected chi connectivity index (χ2v) is 6.96. The lowest BCUT2D eigenvalue weighted by molar-refractivity contribution is 0.234. The van der Waals surface area contributed by atoms with E-state index in [0.29, 0.717) is 0 Å². The van der Waals surface area contributed by atoms with E-state index in [2.05, 4.69) is 0 Å². The summed E-state index contributed by atoms with van der Waals surface area (Å²) in [5.41, 5.74) is 1.85. The molecule has 0 spiro atoms. The van der Waals surface area contributed by atoms with Crippen molar-refractivity contribution >= 4 is 24.3 Å². The number of ether oxygens (including phenoxy) is 2. The first-order valence-electron chi connectivity index (χ1n) is 9.46. The first kappa shape index (κ1) is 19.6. The van der Waals surface area contributed by atoms with E-state index in [4.69, 9.17) is 18.3 Å². The van der Waals surface area contributed by atoms with E-state index in [0.717, 1.165) is 34.1 Å². The molecule has 28 heavy (non-hydrogen) atoms. The molecular weight excluding hydrogens is 352 g/mol. The van der Waals surface area contributed by atoms with Crippen LogP contribution in [0.15, 0.2) is 57.8 Å². The van der Waals surface area contributed by atoms with Crippen LogP contribution in [0, 0.1) is 0 Å². The molecule has 0 amide bonds. The topological polar surface area (TPSA) is 44.7 Å². The fraction of sp³-hybridized carbons (Fsp3) is 0.250. The Bertz CT molecular complexity index is 836. The van der Waals surface area contributed by atoms with Gasteiger partial charge >= 0.3 is 0 Å². The summed E-state index contributed by atoms with van der Waals surface area (Å²) in [4.78, 5) is 0. The summed E-state index contributed by atoms with van der Waals surface area (Å²) in [7, 11) is 0. The first-order valence-corrected chi connectivity index (χ1v) is 9.46. The molecule has 0 saturated carbocycles. The van der Waals surface area contributed by atoms with Gasteiger partial charge in [0, 0.05) is 11.1 Å². The summed E-state index contributed by atoms with van der Waals surface area (Å²) in [5, 5.41) is 0. The van der Waals surface area contributed by atoms with Gasteiger partial charge in [0.2, 0.25) is 0 Å². The van der Waals surface area contributed by atoms with Gasteiger partial charge in [-0.3, -0.25) is 0 Å². The van der Waals surface area contributed by atoms with Crippen LogP contribution in [0.5, 0.6) is 11.5 Å². The molecule has 0 aliphatic rings. The fourth-order valence-corrected chi connectivity index (χ4v) is 2.68. The van der Waals surface area contributed by atoms with Crippen molar-refractivity contribution in [3.05, 3.63) is 71.6 Å². The van der Waals surface area contributed by atoms with Gasteiger partial charge in [0.05, 0.1) is 24.7 Å². The molecule has 0 aliphatic carbocycles. The lowest BCUT2D eigenvalue weighted by atomic mass is 10.1. The van der Waals surface area contributed by atoms with Crippen LogP contribution in [0.25, 0.3) is 24.3 Å². The molecule has 0 N–H and O–H groups in total. The molecule has 0 saturated heterocycles. The molecule has 2 heterocycles. The van der Waals surface area contributed by atoms with E-state index in [9.17, 15) is 0 Å². The largest absolute Gasteiger partial charge is 0.490 e. The zero-order chi connectivity index (χ0) is 19.9. The fourth-order valence-electron chi connectivity index (χ4n) is 2.68. The molecule has 0 atom stereocenters. The van der Waals surface area contributed by atoms with Crippen molar-refractivity contribution in [1.29, 1.82) is 0 Å². The number of furan rings is 2. The van der Waals surface area contributed by atoms with E-state index in [-0.39, 0.29) is 12.2 Å². The van der Waals surface area contributed by atoms with E-state index in [1.165, 1.54) is 0 Å². The molecule has 4 nitrogen and oxygen atoms in total. The van der Waals surface area contributed by atoms with Crippen LogP contribution < -0.4 is 9.47 Å². The van der Waals surface area contributed by atoms with Gasteiger partial charge in [0.15, 0.2) is 0 Å². The molecule has 0 radical (unpaired) electrons. The number of benzene rings is 1. The van der Waals surface area contributed by atoms with Gasteiger partial charge < -0.3 is 18.3 Å². The summed E-state index contributed by atoms with van der Waals surface area (Å²) >= 11 is 0. The van der Waals surface area contributed by atoms with Crippen LogP contribution in [0.1, 0.15) is 50.3 Å². The van der Waals surface area contributed by atoms with Gasteiger partial charge in [-0.25, -0.2) is 0 Å². The Morgan fingerprint density at radius 2 is 1.11 bits per heavy atom. The Balaban J connectivity index is 2.02. The second-order valence-electron chi connectivity index (χ2n) is 6.96. The highest BCUT2D eigenvalue weighted by Gasteiger charge is 2.12. The third-order valence-corrected chi connectivity index (χ3v) is 3.81. The molecular formula is C24H26O4. The number of hydrogen-bond acceptors (Lipinski definition) is 4. The Morgan fingerprint density at radius 3 is 1.43 bits per heavy atom. The summed E-state index contributed by atoms with van der Waals surface area (Å²) < 4.78 is 22.9. The highest BCUT2D eigenvalue weighted by Crippen LogP contribution is 2.33. The monoisotopic (exact) mass is 378 g/mol. The predicted octanol–water partition coefficient (Wildman–Crippen LogP) is 6.79. The molecule has 4 heteroatoms. The predicted molar refractivity (Wildman–Crippen MR) is 113 cm³/mol. The van der Waals surface area contributed by atoms with Crippen molar-refractivity contribution in [2.75, 3.05) is 0 Å². The average molecular weight is 378 g/mol. The highest BCUT2D eigenvalue weighted by molar-refractivity contribution is 5.77. The molecule has 0 fully saturated rings. The maximum absolute atomic E-state index is 6.06. The van der Waals surface area contributed by atoms with Gasteiger partial charge in [0.1, 0.15) is 23.0 Å². The standard InChI is InChI=1S/C24H26O4/c1-17(2)27-23-15-20(10-12-22-8-6-14-26-22)24(28-18(3)4)16-19(23)9-11-21-7-5-13-25-21/h5-18H,1-4H3/b11-9+,12-10+. The molecule has 146 valence electrons. The van der Waals surface area contributed by atoms with Crippen molar-refractivity contribution < 1.29 is 18.3 Å². The SMILES string of the molecule is CC(C)Oc1cc(/C=C/c2ccco2)c(OC(C)C)cc1/C=C/c1ccco1. The molecule has 0 bridgehead atoms.